The minimum atomic E-state index is -1.35. The number of aliphatic carboxylic acids is 1. The second-order valence-electron chi connectivity index (χ2n) is 8.86. The van der Waals surface area contributed by atoms with Crippen LogP contribution in [0.1, 0.15) is 59.3 Å². The van der Waals surface area contributed by atoms with E-state index in [9.17, 15) is 30.0 Å². The summed E-state index contributed by atoms with van der Waals surface area (Å²) in [4.78, 5) is 23.0. The number of aliphatic hydroxyl groups excluding tert-OH is 3. The standard InChI is InChI=1S/C23H36O7.Na/c1-4-13(2)23(29)30-20-11-17(25)9-15-6-5-14(3)19(22(15)20)8-7-16(24)10-18(26)12-21(27)28;/h5-6,9,13-14,16-20,22,24-26H,4,7-8,10-12H2,1-3H3,(H,27,28);/q;+1/p-1/t13-,14-,16+,17-,18+,19-,20-,22-;/m1./s1. The van der Waals surface area contributed by atoms with E-state index in [0.29, 0.717) is 25.7 Å². The average Bonchev–Trinajstić information content (AvgIpc) is 2.65. The van der Waals surface area contributed by atoms with Gasteiger partial charge in [0.2, 0.25) is 0 Å². The molecule has 31 heavy (non-hydrogen) atoms. The Morgan fingerprint density at radius 3 is 2.58 bits per heavy atom. The van der Waals surface area contributed by atoms with Gasteiger partial charge >= 0.3 is 35.5 Å². The summed E-state index contributed by atoms with van der Waals surface area (Å²) < 4.78 is 5.83. The molecule has 8 atom stereocenters. The Morgan fingerprint density at radius 2 is 1.97 bits per heavy atom. The van der Waals surface area contributed by atoms with Gasteiger partial charge in [0.05, 0.1) is 24.2 Å². The fraction of sp³-hybridized carbons (Fsp3) is 0.739. The summed E-state index contributed by atoms with van der Waals surface area (Å²) in [6.45, 7) is 5.83. The smallest absolute Gasteiger partial charge is 0.550 e. The average molecular weight is 447 g/mol. The van der Waals surface area contributed by atoms with Crippen molar-refractivity contribution in [1.82, 2.24) is 0 Å². The van der Waals surface area contributed by atoms with Gasteiger partial charge in [-0.1, -0.05) is 39.0 Å². The predicted octanol–water partition coefficient (Wildman–Crippen LogP) is -1.89. The number of aliphatic hydroxyl groups is 3. The SMILES string of the molecule is CC[C@@H](C)C(=O)O[C@@H]1C[C@H](O)C=C2C=C[C@@H](C)[C@@H](CC[C@H](O)C[C@H](O)CC(=O)[O-])[C@@H]21.[Na+]. The van der Waals surface area contributed by atoms with Crippen molar-refractivity contribution in [2.45, 2.75) is 83.7 Å². The van der Waals surface area contributed by atoms with Gasteiger partial charge in [-0.3, -0.25) is 4.79 Å². The predicted molar refractivity (Wildman–Crippen MR) is 109 cm³/mol. The van der Waals surface area contributed by atoms with Gasteiger partial charge in [-0.05, 0) is 43.1 Å². The Bertz CT molecular complexity index is 662. The number of carboxylic acids is 1. The number of allylic oxidation sites excluding steroid dienone is 2. The van der Waals surface area contributed by atoms with Gasteiger partial charge in [-0.2, -0.15) is 0 Å². The number of ether oxygens (including phenoxy) is 1. The van der Waals surface area contributed by atoms with Gasteiger partial charge in [0.1, 0.15) is 6.10 Å². The van der Waals surface area contributed by atoms with Gasteiger partial charge in [0.25, 0.3) is 0 Å². The van der Waals surface area contributed by atoms with Crippen molar-refractivity contribution in [3.8, 4) is 0 Å². The Kier molecular flexibility index (Phi) is 12.0. The summed E-state index contributed by atoms with van der Waals surface area (Å²) in [6, 6.07) is 0. The molecule has 0 saturated heterocycles. The first-order chi connectivity index (χ1) is 14.1. The molecule has 170 valence electrons. The number of rotatable bonds is 10. The van der Waals surface area contributed by atoms with Gasteiger partial charge in [0, 0.05) is 24.7 Å². The molecule has 0 aromatic rings. The number of esters is 1. The molecule has 0 amide bonds. The van der Waals surface area contributed by atoms with Gasteiger partial charge in [-0.15, -0.1) is 0 Å². The quantitative estimate of drug-likeness (QED) is 0.265. The maximum atomic E-state index is 12.4. The van der Waals surface area contributed by atoms with Crippen LogP contribution in [-0.2, 0) is 14.3 Å². The van der Waals surface area contributed by atoms with Crippen LogP contribution >= 0.6 is 0 Å². The molecule has 0 bridgehead atoms. The monoisotopic (exact) mass is 446 g/mol. The van der Waals surface area contributed by atoms with E-state index in [1.807, 2.05) is 26.0 Å². The number of hydrogen-bond donors (Lipinski definition) is 3. The number of fused-ring (bicyclic) bond motifs is 1. The van der Waals surface area contributed by atoms with Crippen LogP contribution in [0.2, 0.25) is 0 Å². The Labute approximate surface area is 206 Å². The van der Waals surface area contributed by atoms with E-state index in [0.717, 1.165) is 5.57 Å². The molecular formula is C23H35NaO7. The molecule has 0 unspecified atom stereocenters. The van der Waals surface area contributed by atoms with E-state index in [1.54, 1.807) is 0 Å². The summed E-state index contributed by atoms with van der Waals surface area (Å²) in [5.41, 5.74) is 0.949. The van der Waals surface area contributed by atoms with Gasteiger partial charge in [0.15, 0.2) is 0 Å². The van der Waals surface area contributed by atoms with Gasteiger partial charge in [-0.25, -0.2) is 0 Å². The molecule has 0 aromatic carbocycles. The van der Waals surface area contributed by atoms with Crippen molar-refractivity contribution in [3.05, 3.63) is 23.8 Å². The first-order valence-electron chi connectivity index (χ1n) is 11.0. The first kappa shape index (κ1) is 28.3. The maximum absolute atomic E-state index is 12.4. The van der Waals surface area contributed by atoms with E-state index in [4.69, 9.17) is 4.74 Å². The van der Waals surface area contributed by atoms with Crippen molar-refractivity contribution in [3.63, 3.8) is 0 Å². The third-order valence-corrected chi connectivity index (χ3v) is 6.43. The molecule has 0 radical (unpaired) electrons. The normalized spacial score (nSPS) is 30.3. The largest absolute Gasteiger partial charge is 1.00 e. The molecule has 8 heteroatoms. The molecule has 0 saturated carbocycles. The Balaban J connectivity index is 0.00000480. The number of carbonyl (C=O) groups excluding carboxylic acids is 2. The van der Waals surface area contributed by atoms with E-state index in [2.05, 4.69) is 13.0 Å². The van der Waals surface area contributed by atoms with E-state index < -0.39 is 36.8 Å². The zero-order valence-electron chi connectivity index (χ0n) is 19.1. The van der Waals surface area contributed by atoms with Crippen molar-refractivity contribution in [2.75, 3.05) is 0 Å². The molecule has 0 aromatic heterocycles. The van der Waals surface area contributed by atoms with Crippen LogP contribution in [0.3, 0.4) is 0 Å². The van der Waals surface area contributed by atoms with Crippen LogP contribution in [0.5, 0.6) is 0 Å². The van der Waals surface area contributed by atoms with E-state index >= 15 is 0 Å². The zero-order chi connectivity index (χ0) is 22.4. The molecule has 2 rings (SSSR count). The number of carboxylic acid groups (broad SMARTS) is 1. The molecule has 0 heterocycles. The third kappa shape index (κ3) is 8.30. The molecule has 2 aliphatic rings. The summed E-state index contributed by atoms with van der Waals surface area (Å²) in [5.74, 6) is -1.60. The van der Waals surface area contributed by atoms with Crippen LogP contribution in [-0.4, -0.2) is 51.7 Å². The summed E-state index contributed by atoms with van der Waals surface area (Å²) in [6.07, 6.45) is 4.31. The molecule has 3 N–H and O–H groups in total. The van der Waals surface area contributed by atoms with Gasteiger partial charge < -0.3 is 30.0 Å². The minimum Gasteiger partial charge on any atom is -0.550 e. The third-order valence-electron chi connectivity index (χ3n) is 6.43. The molecule has 7 nitrogen and oxygen atoms in total. The van der Waals surface area contributed by atoms with E-state index in [1.165, 1.54) is 0 Å². The van der Waals surface area contributed by atoms with Crippen molar-refractivity contribution >= 4 is 11.9 Å². The Morgan fingerprint density at radius 1 is 1.29 bits per heavy atom. The van der Waals surface area contributed by atoms with Crippen LogP contribution in [0.25, 0.3) is 0 Å². The van der Waals surface area contributed by atoms with Crippen LogP contribution < -0.4 is 34.7 Å². The topological polar surface area (TPSA) is 127 Å². The van der Waals surface area contributed by atoms with Crippen molar-refractivity contribution in [2.24, 2.45) is 23.7 Å². The fourth-order valence-corrected chi connectivity index (χ4v) is 4.51. The maximum Gasteiger partial charge on any atom is 1.00 e. The fourth-order valence-electron chi connectivity index (χ4n) is 4.51. The number of carbonyl (C=O) groups is 2. The van der Waals surface area contributed by atoms with Crippen molar-refractivity contribution < 1.29 is 64.3 Å². The van der Waals surface area contributed by atoms with Crippen LogP contribution in [0.4, 0.5) is 0 Å². The minimum absolute atomic E-state index is 0. The molecule has 2 aliphatic carbocycles. The second-order valence-corrected chi connectivity index (χ2v) is 8.86. The summed E-state index contributed by atoms with van der Waals surface area (Å²) >= 11 is 0. The molecule has 0 fully saturated rings. The van der Waals surface area contributed by atoms with Crippen LogP contribution in [0.15, 0.2) is 23.8 Å². The first-order valence-corrected chi connectivity index (χ1v) is 11.0. The molecule has 0 aliphatic heterocycles. The molecule has 0 spiro atoms. The Hall–Kier alpha value is -0.700. The summed E-state index contributed by atoms with van der Waals surface area (Å²) in [5, 5.41) is 40.8. The second kappa shape index (κ2) is 13.1. The zero-order valence-corrected chi connectivity index (χ0v) is 21.1. The summed E-state index contributed by atoms with van der Waals surface area (Å²) in [7, 11) is 0. The van der Waals surface area contributed by atoms with Crippen LogP contribution in [0, 0.1) is 23.7 Å². The van der Waals surface area contributed by atoms with E-state index in [-0.39, 0.29) is 65.6 Å². The van der Waals surface area contributed by atoms with Crippen molar-refractivity contribution in [1.29, 1.82) is 0 Å². The molecular weight excluding hydrogens is 411 g/mol. The number of hydrogen-bond acceptors (Lipinski definition) is 7.